The Balaban J connectivity index is 1.96. The topological polar surface area (TPSA) is 34.9 Å². The van der Waals surface area contributed by atoms with Crippen LogP contribution >= 0.6 is 34.7 Å². The van der Waals surface area contributed by atoms with Crippen molar-refractivity contribution in [3.63, 3.8) is 0 Å². The Morgan fingerprint density at radius 3 is 3.05 bits per heavy atom. The fourth-order valence-electron chi connectivity index (χ4n) is 2.11. The fraction of sp³-hybridized carbons (Fsp3) is 0.125. The van der Waals surface area contributed by atoms with E-state index in [4.69, 9.17) is 11.6 Å². The normalized spacial score (nSPS) is 11.0. The summed E-state index contributed by atoms with van der Waals surface area (Å²) in [6.07, 6.45) is 1.71. The molecule has 0 aliphatic carbocycles. The molecular formula is C16H13ClN2OS2. The molecular weight excluding hydrogens is 336 g/mol. The lowest BCUT2D eigenvalue weighted by Gasteiger charge is -2.10. The Labute approximate surface area is 141 Å². The van der Waals surface area contributed by atoms with Crippen LogP contribution in [-0.2, 0) is 12.3 Å². The molecule has 0 fully saturated rings. The van der Waals surface area contributed by atoms with Crippen LogP contribution in [0.15, 0.2) is 58.3 Å². The van der Waals surface area contributed by atoms with Crippen molar-refractivity contribution in [2.24, 2.45) is 0 Å². The third-order valence-corrected chi connectivity index (χ3v) is 5.21. The molecule has 22 heavy (non-hydrogen) atoms. The van der Waals surface area contributed by atoms with Crippen molar-refractivity contribution >= 4 is 44.9 Å². The highest BCUT2D eigenvalue weighted by atomic mass is 35.5. The molecule has 2 aromatic heterocycles. The van der Waals surface area contributed by atoms with Gasteiger partial charge in [0.25, 0.3) is 5.56 Å². The molecule has 0 unspecified atom stereocenters. The highest BCUT2D eigenvalue weighted by Gasteiger charge is 2.11. The summed E-state index contributed by atoms with van der Waals surface area (Å²) in [4.78, 5) is 17.9. The van der Waals surface area contributed by atoms with Gasteiger partial charge >= 0.3 is 0 Å². The van der Waals surface area contributed by atoms with Crippen molar-refractivity contribution in [2.45, 2.75) is 17.5 Å². The molecule has 0 bridgehead atoms. The molecule has 3 rings (SSSR count). The summed E-state index contributed by atoms with van der Waals surface area (Å²) in [5.41, 5.74) is 1.09. The first-order valence-corrected chi connectivity index (χ1v) is 8.89. The maximum atomic E-state index is 12.5. The number of fused-ring (bicyclic) bond motifs is 1. The van der Waals surface area contributed by atoms with Crippen LogP contribution in [0.25, 0.3) is 10.2 Å². The molecule has 0 N–H and O–H groups in total. The maximum Gasteiger partial charge on any atom is 0.263 e. The number of allylic oxidation sites excluding steroid dienone is 1. The first-order chi connectivity index (χ1) is 10.7. The van der Waals surface area contributed by atoms with Gasteiger partial charge in [-0.15, -0.1) is 17.9 Å². The molecule has 0 aliphatic heterocycles. The number of nitrogens with zero attached hydrogens (tertiary/aromatic N) is 2. The highest BCUT2D eigenvalue weighted by Crippen LogP contribution is 2.25. The number of thiophene rings is 1. The number of aromatic nitrogens is 2. The van der Waals surface area contributed by atoms with E-state index in [1.807, 2.05) is 35.7 Å². The molecule has 3 nitrogen and oxygen atoms in total. The van der Waals surface area contributed by atoms with Crippen LogP contribution in [0.4, 0.5) is 0 Å². The molecule has 0 saturated carbocycles. The number of benzene rings is 1. The zero-order valence-corrected chi connectivity index (χ0v) is 14.0. The first kappa shape index (κ1) is 15.3. The van der Waals surface area contributed by atoms with Crippen molar-refractivity contribution in [1.29, 1.82) is 0 Å². The second-order valence-corrected chi connectivity index (χ2v) is 6.93. The highest BCUT2D eigenvalue weighted by molar-refractivity contribution is 7.98. The monoisotopic (exact) mass is 348 g/mol. The number of rotatable bonds is 5. The van der Waals surface area contributed by atoms with Crippen LogP contribution in [0.3, 0.4) is 0 Å². The van der Waals surface area contributed by atoms with Gasteiger partial charge in [-0.1, -0.05) is 41.6 Å². The summed E-state index contributed by atoms with van der Waals surface area (Å²) >= 11 is 9.02. The van der Waals surface area contributed by atoms with Crippen LogP contribution in [0, 0.1) is 0 Å². The van der Waals surface area contributed by atoms with Crippen LogP contribution in [0.1, 0.15) is 5.56 Å². The molecule has 0 amide bonds. The zero-order chi connectivity index (χ0) is 15.5. The Morgan fingerprint density at radius 1 is 1.41 bits per heavy atom. The molecule has 112 valence electrons. The summed E-state index contributed by atoms with van der Waals surface area (Å²) in [5.74, 6) is 0.709. The molecule has 1 aromatic carbocycles. The van der Waals surface area contributed by atoms with Crippen molar-refractivity contribution in [3.05, 3.63) is 69.3 Å². The molecule has 0 saturated heterocycles. The summed E-state index contributed by atoms with van der Waals surface area (Å²) in [5, 5.41) is 3.98. The van der Waals surface area contributed by atoms with E-state index in [0.29, 0.717) is 27.9 Å². The summed E-state index contributed by atoms with van der Waals surface area (Å²) in [6.45, 7) is 4.18. The average Bonchev–Trinajstić information content (AvgIpc) is 2.97. The molecule has 0 radical (unpaired) electrons. The molecule has 2 heterocycles. The summed E-state index contributed by atoms with van der Waals surface area (Å²) < 4.78 is 1.66. The minimum Gasteiger partial charge on any atom is -0.283 e. The maximum absolute atomic E-state index is 12.5. The van der Waals surface area contributed by atoms with Gasteiger partial charge in [0.1, 0.15) is 4.83 Å². The minimum absolute atomic E-state index is 0.0141. The Kier molecular flexibility index (Phi) is 4.66. The van der Waals surface area contributed by atoms with Crippen molar-refractivity contribution in [1.82, 2.24) is 9.55 Å². The number of halogens is 1. The van der Waals surface area contributed by atoms with E-state index in [1.165, 1.54) is 23.1 Å². The van der Waals surface area contributed by atoms with E-state index < -0.39 is 0 Å². The largest absolute Gasteiger partial charge is 0.283 e. The van der Waals surface area contributed by atoms with E-state index >= 15 is 0 Å². The van der Waals surface area contributed by atoms with E-state index in [9.17, 15) is 4.79 Å². The Morgan fingerprint density at radius 2 is 2.27 bits per heavy atom. The van der Waals surface area contributed by atoms with Gasteiger partial charge in [0.15, 0.2) is 5.16 Å². The van der Waals surface area contributed by atoms with E-state index in [0.717, 1.165) is 10.4 Å². The Bertz CT molecular complexity index is 885. The van der Waals surface area contributed by atoms with Crippen LogP contribution in [0.2, 0.25) is 5.02 Å². The molecule has 0 spiro atoms. The number of hydrogen-bond acceptors (Lipinski definition) is 4. The van der Waals surface area contributed by atoms with E-state index in [1.54, 1.807) is 10.6 Å². The molecule has 3 aromatic rings. The second kappa shape index (κ2) is 6.69. The average molecular weight is 349 g/mol. The number of thioether (sulfide) groups is 1. The van der Waals surface area contributed by atoms with Gasteiger partial charge in [-0.2, -0.15) is 0 Å². The smallest absolute Gasteiger partial charge is 0.263 e. The molecule has 0 atom stereocenters. The van der Waals surface area contributed by atoms with Crippen LogP contribution < -0.4 is 5.56 Å². The van der Waals surface area contributed by atoms with Crippen molar-refractivity contribution < 1.29 is 0 Å². The fourth-order valence-corrected chi connectivity index (χ4v) is 4.07. The van der Waals surface area contributed by atoms with Gasteiger partial charge in [0.2, 0.25) is 0 Å². The lowest BCUT2D eigenvalue weighted by molar-refractivity contribution is 0.673. The predicted molar refractivity (Wildman–Crippen MR) is 95.1 cm³/mol. The van der Waals surface area contributed by atoms with Gasteiger partial charge < -0.3 is 0 Å². The molecule has 6 heteroatoms. The minimum atomic E-state index is -0.0141. The predicted octanol–water partition coefficient (Wildman–Crippen LogP) is 4.59. The third-order valence-electron chi connectivity index (χ3n) is 3.12. The van der Waals surface area contributed by atoms with Crippen LogP contribution in [-0.4, -0.2) is 9.55 Å². The molecule has 0 aliphatic rings. The van der Waals surface area contributed by atoms with Crippen molar-refractivity contribution in [2.75, 3.05) is 0 Å². The van der Waals surface area contributed by atoms with Gasteiger partial charge in [0.05, 0.1) is 5.39 Å². The quantitative estimate of drug-likeness (QED) is 0.384. The van der Waals surface area contributed by atoms with Gasteiger partial charge in [-0.3, -0.25) is 9.36 Å². The lowest BCUT2D eigenvalue weighted by Crippen LogP contribution is -2.22. The van der Waals surface area contributed by atoms with Crippen LogP contribution in [0.5, 0.6) is 0 Å². The third kappa shape index (κ3) is 3.11. The Hall–Kier alpha value is -1.56. The van der Waals surface area contributed by atoms with Gasteiger partial charge in [0, 0.05) is 17.3 Å². The second-order valence-electron chi connectivity index (χ2n) is 4.66. The van der Waals surface area contributed by atoms with Crippen molar-refractivity contribution in [3.8, 4) is 0 Å². The van der Waals surface area contributed by atoms with Gasteiger partial charge in [-0.05, 0) is 29.1 Å². The SMILES string of the molecule is C=CCn1c(SCc2cccc(Cl)c2)nc2sccc2c1=O. The standard InChI is InChI=1S/C16H13ClN2OS2/c1-2-7-19-15(20)13-6-8-21-14(13)18-16(19)22-10-11-4-3-5-12(17)9-11/h2-6,8-9H,1,7,10H2. The summed E-state index contributed by atoms with van der Waals surface area (Å²) in [6, 6.07) is 9.53. The first-order valence-electron chi connectivity index (χ1n) is 6.65. The van der Waals surface area contributed by atoms with E-state index in [2.05, 4.69) is 11.6 Å². The zero-order valence-electron chi connectivity index (χ0n) is 11.7. The number of hydrogen-bond donors (Lipinski definition) is 0. The van der Waals surface area contributed by atoms with E-state index in [-0.39, 0.29) is 5.56 Å². The summed E-state index contributed by atoms with van der Waals surface area (Å²) in [7, 11) is 0. The lowest BCUT2D eigenvalue weighted by atomic mass is 10.2. The van der Waals surface area contributed by atoms with Gasteiger partial charge in [-0.25, -0.2) is 4.98 Å².